The van der Waals surface area contributed by atoms with Gasteiger partial charge in [-0.05, 0) is 43.1 Å². The fraction of sp³-hybridized carbons (Fsp3) is 0.391. The molecular formula is C23H29N3O4. The van der Waals surface area contributed by atoms with E-state index in [2.05, 4.69) is 10.2 Å². The van der Waals surface area contributed by atoms with E-state index in [1.54, 1.807) is 0 Å². The lowest BCUT2D eigenvalue weighted by Crippen LogP contribution is -2.40. The molecule has 2 aromatic carbocycles. The third-order valence-electron chi connectivity index (χ3n) is 5.07. The first-order valence-corrected chi connectivity index (χ1v) is 10.3. The van der Waals surface area contributed by atoms with E-state index in [9.17, 15) is 9.59 Å². The van der Waals surface area contributed by atoms with E-state index >= 15 is 0 Å². The predicted octanol–water partition coefficient (Wildman–Crippen LogP) is 2.42. The average molecular weight is 412 g/mol. The van der Waals surface area contributed by atoms with Crippen LogP contribution in [0.5, 0.6) is 5.75 Å². The Morgan fingerprint density at radius 1 is 1.07 bits per heavy atom. The highest BCUT2D eigenvalue weighted by Crippen LogP contribution is 2.22. The van der Waals surface area contributed by atoms with Crippen molar-refractivity contribution in [1.29, 1.82) is 0 Å². The number of amides is 2. The van der Waals surface area contributed by atoms with Gasteiger partial charge in [0.1, 0.15) is 19.0 Å². The number of piperidine rings is 1. The second-order valence-corrected chi connectivity index (χ2v) is 7.40. The highest BCUT2D eigenvalue weighted by molar-refractivity contribution is 5.92. The van der Waals surface area contributed by atoms with Crippen molar-refractivity contribution >= 4 is 17.5 Å². The summed E-state index contributed by atoms with van der Waals surface area (Å²) in [6, 6.07) is 17.2. The maximum Gasteiger partial charge on any atom is 0.250 e. The number of carbonyl (C=O) groups excluding carboxylic acids is 2. The van der Waals surface area contributed by atoms with Crippen LogP contribution in [0.25, 0.3) is 0 Å². The van der Waals surface area contributed by atoms with E-state index in [-0.39, 0.29) is 24.3 Å². The van der Waals surface area contributed by atoms with Gasteiger partial charge in [0.25, 0.3) is 0 Å². The Bertz CT molecular complexity index is 828. The van der Waals surface area contributed by atoms with Crippen LogP contribution >= 0.6 is 0 Å². The summed E-state index contributed by atoms with van der Waals surface area (Å²) in [7, 11) is 0. The zero-order chi connectivity index (χ0) is 21.2. The number of nitrogens with zero attached hydrogens (tertiary/aromatic N) is 1. The van der Waals surface area contributed by atoms with Crippen molar-refractivity contribution in [2.24, 2.45) is 11.7 Å². The Morgan fingerprint density at radius 2 is 1.83 bits per heavy atom. The fourth-order valence-electron chi connectivity index (χ4n) is 3.54. The zero-order valence-corrected chi connectivity index (χ0v) is 17.1. The van der Waals surface area contributed by atoms with Gasteiger partial charge in [-0.3, -0.25) is 14.5 Å². The third kappa shape index (κ3) is 6.86. The molecule has 160 valence electrons. The van der Waals surface area contributed by atoms with Crippen molar-refractivity contribution in [3.05, 3.63) is 60.2 Å². The van der Waals surface area contributed by atoms with Gasteiger partial charge in [0.05, 0.1) is 12.5 Å². The number of benzene rings is 2. The first kappa shape index (κ1) is 21.8. The van der Waals surface area contributed by atoms with Gasteiger partial charge in [-0.25, -0.2) is 0 Å². The minimum atomic E-state index is -0.241. The number of ether oxygens (including phenoxy) is 2. The molecule has 1 heterocycles. The van der Waals surface area contributed by atoms with Crippen LogP contribution in [0.15, 0.2) is 54.6 Å². The van der Waals surface area contributed by atoms with Crippen LogP contribution in [-0.2, 0) is 20.9 Å². The number of para-hydroxylation sites is 2. The molecule has 30 heavy (non-hydrogen) atoms. The molecule has 2 aromatic rings. The highest BCUT2D eigenvalue weighted by Gasteiger charge is 2.24. The predicted molar refractivity (Wildman–Crippen MR) is 115 cm³/mol. The van der Waals surface area contributed by atoms with Crippen molar-refractivity contribution in [3.63, 3.8) is 0 Å². The maximum atomic E-state index is 12.3. The van der Waals surface area contributed by atoms with Crippen LogP contribution in [0, 0.1) is 5.92 Å². The molecule has 1 unspecified atom stereocenters. The molecule has 7 heteroatoms. The van der Waals surface area contributed by atoms with Crippen LogP contribution < -0.4 is 15.8 Å². The molecule has 3 rings (SSSR count). The summed E-state index contributed by atoms with van der Waals surface area (Å²) in [6.45, 7) is 2.89. The number of rotatable bonds is 10. The Labute approximate surface area is 177 Å². The summed E-state index contributed by atoms with van der Waals surface area (Å²) in [6.07, 6.45) is 1.79. The molecule has 1 fully saturated rings. The lowest BCUT2D eigenvalue weighted by Gasteiger charge is -2.31. The van der Waals surface area contributed by atoms with Gasteiger partial charge in [0, 0.05) is 18.8 Å². The van der Waals surface area contributed by atoms with E-state index < -0.39 is 0 Å². The van der Waals surface area contributed by atoms with E-state index in [1.165, 1.54) is 0 Å². The van der Waals surface area contributed by atoms with Crippen molar-refractivity contribution in [2.45, 2.75) is 19.4 Å². The van der Waals surface area contributed by atoms with Gasteiger partial charge in [0.15, 0.2) is 0 Å². The molecule has 7 nitrogen and oxygen atoms in total. The molecule has 0 aliphatic carbocycles. The molecule has 0 bridgehead atoms. The summed E-state index contributed by atoms with van der Waals surface area (Å²) in [5.41, 5.74) is 7.23. The molecule has 1 aliphatic rings. The number of nitrogens with two attached hydrogens (primary N) is 1. The molecule has 1 saturated heterocycles. The largest absolute Gasteiger partial charge is 0.491 e. The third-order valence-corrected chi connectivity index (χ3v) is 5.07. The minimum absolute atomic E-state index is 0.0417. The summed E-state index contributed by atoms with van der Waals surface area (Å²) in [4.78, 5) is 26.0. The van der Waals surface area contributed by atoms with Crippen LogP contribution in [0.4, 0.5) is 5.69 Å². The molecule has 2 amide bonds. The van der Waals surface area contributed by atoms with Crippen LogP contribution in [0.3, 0.4) is 0 Å². The molecular weight excluding hydrogens is 382 g/mol. The van der Waals surface area contributed by atoms with Crippen molar-refractivity contribution in [3.8, 4) is 5.75 Å². The Balaban J connectivity index is 1.43. The summed E-state index contributed by atoms with van der Waals surface area (Å²) < 4.78 is 11.0. The average Bonchev–Trinajstić information content (AvgIpc) is 2.76. The monoisotopic (exact) mass is 411 g/mol. The Hall–Kier alpha value is -2.90. The topological polar surface area (TPSA) is 93.9 Å². The van der Waals surface area contributed by atoms with Crippen LogP contribution in [0.1, 0.15) is 18.4 Å². The maximum absolute atomic E-state index is 12.3. The Morgan fingerprint density at radius 3 is 2.63 bits per heavy atom. The van der Waals surface area contributed by atoms with Gasteiger partial charge in [-0.15, -0.1) is 0 Å². The lowest BCUT2D eigenvalue weighted by molar-refractivity contribution is -0.123. The molecule has 0 spiro atoms. The summed E-state index contributed by atoms with van der Waals surface area (Å²) >= 11 is 0. The SMILES string of the molecule is NC(=O)C1CCCN(Cc2ccccc2NC(=O)COCCOc2ccccc2)C1. The van der Waals surface area contributed by atoms with Gasteiger partial charge in [0.2, 0.25) is 11.8 Å². The van der Waals surface area contributed by atoms with Crippen molar-refractivity contribution in [1.82, 2.24) is 4.90 Å². The second-order valence-electron chi connectivity index (χ2n) is 7.40. The number of primary amides is 1. The fourth-order valence-corrected chi connectivity index (χ4v) is 3.54. The molecule has 0 aromatic heterocycles. The normalized spacial score (nSPS) is 16.7. The number of carbonyl (C=O) groups is 2. The van der Waals surface area contributed by atoms with Crippen LogP contribution in [0.2, 0.25) is 0 Å². The molecule has 1 aliphatic heterocycles. The molecule has 0 saturated carbocycles. The van der Waals surface area contributed by atoms with Gasteiger partial charge in [-0.2, -0.15) is 0 Å². The molecule has 3 N–H and O–H groups in total. The van der Waals surface area contributed by atoms with Crippen molar-refractivity contribution < 1.29 is 19.1 Å². The minimum Gasteiger partial charge on any atom is -0.491 e. The number of likely N-dealkylation sites (tertiary alicyclic amines) is 1. The zero-order valence-electron chi connectivity index (χ0n) is 17.1. The summed E-state index contributed by atoms with van der Waals surface area (Å²) in [5.74, 6) is 0.216. The second kappa shape index (κ2) is 11.3. The van der Waals surface area contributed by atoms with E-state index in [1.807, 2.05) is 54.6 Å². The van der Waals surface area contributed by atoms with E-state index in [4.69, 9.17) is 15.2 Å². The van der Waals surface area contributed by atoms with E-state index in [0.717, 1.165) is 36.4 Å². The Kier molecular flexibility index (Phi) is 8.23. The molecule has 1 atom stereocenters. The number of hydrogen-bond donors (Lipinski definition) is 2. The van der Waals surface area contributed by atoms with Gasteiger partial charge < -0.3 is 20.5 Å². The summed E-state index contributed by atoms with van der Waals surface area (Å²) in [5, 5.41) is 2.92. The number of anilines is 1. The highest BCUT2D eigenvalue weighted by atomic mass is 16.5. The first-order valence-electron chi connectivity index (χ1n) is 10.3. The quantitative estimate of drug-likeness (QED) is 0.586. The van der Waals surface area contributed by atoms with Crippen LogP contribution in [-0.4, -0.2) is 49.6 Å². The number of nitrogens with one attached hydrogen (secondary N) is 1. The number of hydrogen-bond acceptors (Lipinski definition) is 5. The van der Waals surface area contributed by atoms with Gasteiger partial charge >= 0.3 is 0 Å². The standard InChI is InChI=1S/C23H29N3O4/c24-23(28)19-8-6-12-26(16-19)15-18-7-4-5-11-21(18)25-22(27)17-29-13-14-30-20-9-2-1-3-10-20/h1-5,7,9-11,19H,6,8,12-17H2,(H2,24,28)(H,25,27). The first-order chi connectivity index (χ1) is 14.6. The van der Waals surface area contributed by atoms with Gasteiger partial charge in [-0.1, -0.05) is 36.4 Å². The van der Waals surface area contributed by atoms with E-state index in [0.29, 0.717) is 26.3 Å². The lowest BCUT2D eigenvalue weighted by atomic mass is 9.97. The van der Waals surface area contributed by atoms with Crippen molar-refractivity contribution in [2.75, 3.05) is 38.2 Å². The smallest absolute Gasteiger partial charge is 0.250 e. The molecule has 0 radical (unpaired) electrons.